The van der Waals surface area contributed by atoms with Crippen LogP contribution in [0, 0.1) is 13.0 Å². The van der Waals surface area contributed by atoms with Crippen LogP contribution in [-0.4, -0.2) is 30.1 Å². The van der Waals surface area contributed by atoms with Gasteiger partial charge >= 0.3 is 0 Å². The summed E-state index contributed by atoms with van der Waals surface area (Å²) in [6.45, 7) is 4.55. The molecule has 1 aliphatic rings. The number of aromatic nitrogens is 1. The first kappa shape index (κ1) is 17.0. The van der Waals surface area contributed by atoms with E-state index in [0.717, 1.165) is 5.56 Å². The summed E-state index contributed by atoms with van der Waals surface area (Å²) in [6, 6.07) is 4.78. The van der Waals surface area contributed by atoms with E-state index < -0.39 is 0 Å². The quantitative estimate of drug-likeness (QED) is 0.724. The molecule has 6 heteroatoms. The number of ether oxygens (including phenoxy) is 1. The molecule has 0 aromatic carbocycles. The first-order valence-corrected chi connectivity index (χ1v) is 4.93. The number of anilines is 1. The SMILES string of the molecule is Cc1[c-]cc(N2C[C@H](C)OCC2=O)nc1.S.[Y]. The van der Waals surface area contributed by atoms with E-state index in [-0.39, 0.29) is 64.8 Å². The van der Waals surface area contributed by atoms with E-state index in [9.17, 15) is 4.79 Å². The normalized spacial score (nSPS) is 19.3. The molecule has 0 saturated carbocycles. The van der Waals surface area contributed by atoms with Crippen molar-refractivity contribution in [3.8, 4) is 0 Å². The van der Waals surface area contributed by atoms with E-state index in [1.54, 1.807) is 17.2 Å². The van der Waals surface area contributed by atoms with Gasteiger partial charge in [-0.05, 0) is 6.92 Å². The van der Waals surface area contributed by atoms with E-state index in [2.05, 4.69) is 11.1 Å². The molecule has 91 valence electrons. The van der Waals surface area contributed by atoms with Crippen LogP contribution in [0.2, 0.25) is 0 Å². The summed E-state index contributed by atoms with van der Waals surface area (Å²) >= 11 is 0. The molecule has 0 unspecified atom stereocenters. The summed E-state index contributed by atoms with van der Waals surface area (Å²) < 4.78 is 5.24. The average molecular weight is 328 g/mol. The van der Waals surface area contributed by atoms with Crippen LogP contribution in [0.3, 0.4) is 0 Å². The Kier molecular flexibility index (Phi) is 7.48. The summed E-state index contributed by atoms with van der Waals surface area (Å²) in [6.07, 6.45) is 1.77. The van der Waals surface area contributed by atoms with Gasteiger partial charge in [0.15, 0.2) is 0 Å². The summed E-state index contributed by atoms with van der Waals surface area (Å²) in [5.41, 5.74) is 0.965. The topological polar surface area (TPSA) is 42.4 Å². The van der Waals surface area contributed by atoms with Crippen LogP contribution in [0.5, 0.6) is 0 Å². The molecule has 4 nitrogen and oxygen atoms in total. The minimum atomic E-state index is -0.0437. The number of nitrogens with zero attached hydrogens (tertiary/aromatic N) is 2. The molecule has 2 rings (SSSR count). The summed E-state index contributed by atoms with van der Waals surface area (Å²) in [5, 5.41) is 0. The van der Waals surface area contributed by atoms with Crippen molar-refractivity contribution in [2.75, 3.05) is 18.1 Å². The maximum Gasteiger partial charge on any atom is 0.243 e. The number of morpholine rings is 1. The molecule has 1 aromatic rings. The van der Waals surface area contributed by atoms with E-state index in [0.29, 0.717) is 12.4 Å². The van der Waals surface area contributed by atoms with Crippen LogP contribution >= 0.6 is 13.5 Å². The predicted molar refractivity (Wildman–Crippen MR) is 66.0 cm³/mol. The first-order valence-electron chi connectivity index (χ1n) is 4.93. The van der Waals surface area contributed by atoms with Crippen LogP contribution in [-0.2, 0) is 42.2 Å². The second kappa shape index (κ2) is 7.46. The first-order chi connectivity index (χ1) is 7.16. The second-order valence-corrected chi connectivity index (χ2v) is 3.71. The van der Waals surface area contributed by atoms with Crippen LogP contribution in [0.1, 0.15) is 12.5 Å². The third-order valence-electron chi connectivity index (χ3n) is 2.33. The van der Waals surface area contributed by atoms with Gasteiger partial charge in [0, 0.05) is 45.1 Å². The Morgan fingerprint density at radius 2 is 2.29 bits per heavy atom. The number of carbonyl (C=O) groups is 1. The number of pyridine rings is 1. The third-order valence-corrected chi connectivity index (χ3v) is 2.33. The van der Waals surface area contributed by atoms with Gasteiger partial charge in [-0.3, -0.25) is 4.79 Å². The van der Waals surface area contributed by atoms with Crippen molar-refractivity contribution in [2.24, 2.45) is 0 Å². The average Bonchev–Trinajstić information content (AvgIpc) is 2.23. The Labute approximate surface area is 133 Å². The molecule has 0 N–H and O–H groups in total. The molecule has 0 spiro atoms. The van der Waals surface area contributed by atoms with Gasteiger partial charge in [-0.2, -0.15) is 19.6 Å². The number of hydrogen-bond donors (Lipinski definition) is 0. The van der Waals surface area contributed by atoms with Crippen molar-refractivity contribution in [3.63, 3.8) is 0 Å². The summed E-state index contributed by atoms with van der Waals surface area (Å²) in [4.78, 5) is 17.4. The maximum absolute atomic E-state index is 11.6. The monoisotopic (exact) mass is 328 g/mol. The Morgan fingerprint density at radius 3 is 2.88 bits per heavy atom. The molecule has 0 aliphatic carbocycles. The number of hydrogen-bond acceptors (Lipinski definition) is 3. The predicted octanol–water partition coefficient (Wildman–Crippen LogP) is 1.05. The standard InChI is InChI=1S/C11H13N2O2.H2S.Y/c1-8-3-4-10(12-5-8)13-6-9(2)15-7-11(13)14;;/h4-5,9H,6-7H2,1-2H3;1H2;/q-1;;/t9-;;/m0../s1. The van der Waals surface area contributed by atoms with Crippen molar-refractivity contribution in [1.29, 1.82) is 0 Å². The van der Waals surface area contributed by atoms with Gasteiger partial charge in [-0.15, -0.1) is 11.6 Å². The van der Waals surface area contributed by atoms with E-state index >= 15 is 0 Å². The fraction of sp³-hybridized carbons (Fsp3) is 0.455. The zero-order chi connectivity index (χ0) is 10.8. The molecule has 0 bridgehead atoms. The van der Waals surface area contributed by atoms with Crippen molar-refractivity contribution >= 4 is 25.2 Å². The van der Waals surface area contributed by atoms with Crippen LogP contribution in [0.15, 0.2) is 12.3 Å². The van der Waals surface area contributed by atoms with Crippen molar-refractivity contribution in [1.82, 2.24) is 4.98 Å². The fourth-order valence-electron chi connectivity index (χ4n) is 1.49. The molecular formula is C11H15N2O2SY-. The van der Waals surface area contributed by atoms with E-state index in [4.69, 9.17) is 4.74 Å². The zero-order valence-electron chi connectivity index (χ0n) is 9.93. The number of amides is 1. The summed E-state index contributed by atoms with van der Waals surface area (Å²) in [5.74, 6) is 0.610. The summed E-state index contributed by atoms with van der Waals surface area (Å²) in [7, 11) is 0. The molecule has 1 aromatic heterocycles. The van der Waals surface area contributed by atoms with Crippen LogP contribution in [0.4, 0.5) is 5.82 Å². The van der Waals surface area contributed by atoms with E-state index in [1.165, 1.54) is 0 Å². The molecule has 17 heavy (non-hydrogen) atoms. The maximum atomic E-state index is 11.6. The fourth-order valence-corrected chi connectivity index (χ4v) is 1.49. The van der Waals surface area contributed by atoms with Gasteiger partial charge in [0.2, 0.25) is 5.91 Å². The van der Waals surface area contributed by atoms with Crippen molar-refractivity contribution in [3.05, 3.63) is 23.9 Å². The largest absolute Gasteiger partial charge is 0.367 e. The Balaban J connectivity index is 0.00000128. The van der Waals surface area contributed by atoms with Gasteiger partial charge in [0.05, 0.1) is 6.10 Å². The minimum Gasteiger partial charge on any atom is -0.367 e. The number of rotatable bonds is 1. The third kappa shape index (κ3) is 4.32. The molecule has 1 aliphatic heterocycles. The zero-order valence-corrected chi connectivity index (χ0v) is 13.8. The molecule has 1 fully saturated rings. The number of aryl methyl sites for hydroxylation is 1. The molecule has 1 saturated heterocycles. The van der Waals surface area contributed by atoms with Crippen LogP contribution < -0.4 is 4.90 Å². The Morgan fingerprint density at radius 1 is 1.59 bits per heavy atom. The van der Waals surface area contributed by atoms with Gasteiger partial charge in [-0.1, -0.05) is 13.1 Å². The van der Waals surface area contributed by atoms with Gasteiger partial charge in [0.1, 0.15) is 6.61 Å². The number of carbonyl (C=O) groups excluding carboxylic acids is 1. The van der Waals surface area contributed by atoms with Gasteiger partial charge in [0.25, 0.3) is 0 Å². The van der Waals surface area contributed by atoms with Crippen molar-refractivity contribution in [2.45, 2.75) is 20.0 Å². The molecule has 1 atom stereocenters. The Bertz CT molecular complexity index is 372. The van der Waals surface area contributed by atoms with Gasteiger partial charge in [-0.25, -0.2) is 0 Å². The molecule has 1 amide bonds. The Hall–Kier alpha value is 0.0339. The van der Waals surface area contributed by atoms with Gasteiger partial charge < -0.3 is 14.6 Å². The second-order valence-electron chi connectivity index (χ2n) is 3.71. The molecular weight excluding hydrogens is 313 g/mol. The molecule has 1 radical (unpaired) electrons. The molecule has 2 heterocycles. The van der Waals surface area contributed by atoms with E-state index in [1.807, 2.05) is 13.8 Å². The van der Waals surface area contributed by atoms with Crippen LogP contribution in [0.25, 0.3) is 0 Å². The minimum absolute atomic E-state index is 0. The smallest absolute Gasteiger partial charge is 0.243 e. The van der Waals surface area contributed by atoms with Crippen molar-refractivity contribution < 1.29 is 42.2 Å².